The molecule has 0 aromatic heterocycles. The number of amides is 1. The highest BCUT2D eigenvalue weighted by Crippen LogP contribution is 2.25. The molecule has 1 aromatic carbocycles. The molecule has 1 amide bonds. The Hall–Kier alpha value is -1.77. The van der Waals surface area contributed by atoms with Crippen LogP contribution in [-0.2, 0) is 4.79 Å². The minimum Gasteiger partial charge on any atom is -0.497 e. The molecule has 1 N–H and O–H groups in total. The molecule has 1 aliphatic rings. The predicted molar refractivity (Wildman–Crippen MR) is 85.2 cm³/mol. The van der Waals surface area contributed by atoms with Crippen molar-refractivity contribution in [2.45, 2.75) is 39.2 Å². The second-order valence-electron chi connectivity index (χ2n) is 6.03. The monoisotopic (exact) mass is 287 g/mol. The summed E-state index contributed by atoms with van der Waals surface area (Å²) in [6, 6.07) is 7.99. The number of allylic oxidation sites excluding steroid dienone is 2. The zero-order valence-corrected chi connectivity index (χ0v) is 13.1. The summed E-state index contributed by atoms with van der Waals surface area (Å²) in [6.45, 7) is 4.26. The Morgan fingerprint density at radius 3 is 2.57 bits per heavy atom. The van der Waals surface area contributed by atoms with Crippen molar-refractivity contribution in [1.82, 2.24) is 5.32 Å². The normalized spacial score (nSPS) is 18.8. The fourth-order valence-electron chi connectivity index (χ4n) is 2.78. The minimum atomic E-state index is 0.0498. The third kappa shape index (κ3) is 4.35. The maximum atomic E-state index is 12.2. The lowest BCUT2D eigenvalue weighted by Crippen LogP contribution is -2.32. The van der Waals surface area contributed by atoms with Gasteiger partial charge in [0.15, 0.2) is 0 Å². The van der Waals surface area contributed by atoms with E-state index in [1.807, 2.05) is 24.3 Å². The largest absolute Gasteiger partial charge is 0.497 e. The van der Waals surface area contributed by atoms with Gasteiger partial charge in [0.05, 0.1) is 13.2 Å². The number of ether oxygens (including phenoxy) is 1. The number of carbonyl (C=O) groups is 1. The van der Waals surface area contributed by atoms with Gasteiger partial charge in [0.1, 0.15) is 5.75 Å². The first-order chi connectivity index (χ1) is 10.1. The van der Waals surface area contributed by atoms with E-state index in [1.165, 1.54) is 0 Å². The molecular formula is C18H25NO2. The number of benzene rings is 1. The fraction of sp³-hybridized carbons (Fsp3) is 0.500. The van der Waals surface area contributed by atoms with Crippen molar-refractivity contribution in [3.8, 4) is 5.75 Å². The van der Waals surface area contributed by atoms with Gasteiger partial charge >= 0.3 is 0 Å². The summed E-state index contributed by atoms with van der Waals surface area (Å²) in [4.78, 5) is 12.2. The summed E-state index contributed by atoms with van der Waals surface area (Å²) in [5, 5.41) is 3.18. The number of hydrogen-bond donors (Lipinski definition) is 1. The first-order valence-electron chi connectivity index (χ1n) is 7.70. The van der Waals surface area contributed by atoms with Crippen LogP contribution in [0.2, 0.25) is 0 Å². The number of rotatable bonds is 6. The Balaban J connectivity index is 2.00. The van der Waals surface area contributed by atoms with Gasteiger partial charge in [0, 0.05) is 6.42 Å². The topological polar surface area (TPSA) is 38.3 Å². The molecule has 0 radical (unpaired) electrons. The van der Waals surface area contributed by atoms with E-state index in [0.29, 0.717) is 18.3 Å². The van der Waals surface area contributed by atoms with Crippen LogP contribution in [0.3, 0.4) is 0 Å². The number of carbonyl (C=O) groups excluding carboxylic acids is 1. The van der Waals surface area contributed by atoms with Crippen LogP contribution in [0.1, 0.15) is 44.7 Å². The van der Waals surface area contributed by atoms with Gasteiger partial charge in [-0.15, -0.1) is 0 Å². The summed E-state index contributed by atoms with van der Waals surface area (Å²) in [5.41, 5.74) is 1.13. The molecule has 2 atom stereocenters. The molecule has 1 aliphatic carbocycles. The molecule has 0 bridgehead atoms. The maximum Gasteiger partial charge on any atom is 0.221 e. The quantitative estimate of drug-likeness (QED) is 0.807. The summed E-state index contributed by atoms with van der Waals surface area (Å²) in [5.74, 6) is 1.74. The third-order valence-electron chi connectivity index (χ3n) is 4.02. The van der Waals surface area contributed by atoms with E-state index in [4.69, 9.17) is 4.74 Å². The molecular weight excluding hydrogens is 262 g/mol. The van der Waals surface area contributed by atoms with Gasteiger partial charge in [0.25, 0.3) is 0 Å². The van der Waals surface area contributed by atoms with Gasteiger partial charge in [-0.1, -0.05) is 38.1 Å². The SMILES string of the molecule is COc1ccc([C@H](NC(=O)C[C@@H]2C=CCC2)C(C)C)cc1. The molecule has 0 unspecified atom stereocenters. The average molecular weight is 287 g/mol. The Labute approximate surface area is 127 Å². The molecule has 3 nitrogen and oxygen atoms in total. The van der Waals surface area contributed by atoms with Gasteiger partial charge in [-0.2, -0.15) is 0 Å². The lowest BCUT2D eigenvalue weighted by atomic mass is 9.95. The minimum absolute atomic E-state index is 0.0498. The Bertz CT molecular complexity index is 490. The molecule has 3 heteroatoms. The van der Waals surface area contributed by atoms with Crippen molar-refractivity contribution in [2.24, 2.45) is 11.8 Å². The molecule has 0 saturated heterocycles. The Morgan fingerprint density at radius 2 is 2.05 bits per heavy atom. The van der Waals surface area contributed by atoms with E-state index >= 15 is 0 Å². The van der Waals surface area contributed by atoms with Crippen molar-refractivity contribution in [3.05, 3.63) is 42.0 Å². The van der Waals surface area contributed by atoms with Crippen LogP contribution in [-0.4, -0.2) is 13.0 Å². The fourth-order valence-corrected chi connectivity index (χ4v) is 2.78. The number of methoxy groups -OCH3 is 1. The zero-order chi connectivity index (χ0) is 15.2. The van der Waals surface area contributed by atoms with Crippen molar-refractivity contribution < 1.29 is 9.53 Å². The standard InChI is InChI=1S/C18H25NO2/c1-13(2)18(15-8-10-16(21-3)11-9-15)19-17(20)12-14-6-4-5-7-14/h4,6,8-11,13-14,18H,5,7,12H2,1-3H3,(H,19,20)/t14-,18-/m1/s1. The van der Waals surface area contributed by atoms with Crippen LogP contribution in [0.4, 0.5) is 0 Å². The van der Waals surface area contributed by atoms with Gasteiger partial charge < -0.3 is 10.1 Å². The van der Waals surface area contributed by atoms with Crippen molar-refractivity contribution in [2.75, 3.05) is 7.11 Å². The first kappa shape index (κ1) is 15.6. The molecule has 114 valence electrons. The van der Waals surface area contributed by atoms with Crippen LogP contribution in [0, 0.1) is 11.8 Å². The lowest BCUT2D eigenvalue weighted by molar-refractivity contribution is -0.122. The van der Waals surface area contributed by atoms with Crippen molar-refractivity contribution in [1.29, 1.82) is 0 Å². The Morgan fingerprint density at radius 1 is 1.33 bits per heavy atom. The maximum absolute atomic E-state index is 12.2. The van der Waals surface area contributed by atoms with Crippen LogP contribution < -0.4 is 10.1 Å². The first-order valence-corrected chi connectivity index (χ1v) is 7.70. The second-order valence-corrected chi connectivity index (χ2v) is 6.03. The molecule has 0 spiro atoms. The highest BCUT2D eigenvalue weighted by molar-refractivity contribution is 5.77. The van der Waals surface area contributed by atoms with Gasteiger partial charge in [-0.3, -0.25) is 4.79 Å². The summed E-state index contributed by atoms with van der Waals surface area (Å²) in [7, 11) is 1.66. The predicted octanol–water partition coefficient (Wildman–Crippen LogP) is 3.86. The van der Waals surface area contributed by atoms with Gasteiger partial charge in [-0.05, 0) is 42.4 Å². The van der Waals surface area contributed by atoms with E-state index in [2.05, 4.69) is 31.3 Å². The summed E-state index contributed by atoms with van der Waals surface area (Å²) in [6.07, 6.45) is 7.13. The van der Waals surface area contributed by atoms with Crippen LogP contribution in [0.25, 0.3) is 0 Å². The van der Waals surface area contributed by atoms with E-state index in [9.17, 15) is 4.79 Å². The number of nitrogens with one attached hydrogen (secondary N) is 1. The molecule has 2 rings (SSSR count). The zero-order valence-electron chi connectivity index (χ0n) is 13.1. The molecule has 21 heavy (non-hydrogen) atoms. The molecule has 0 fully saturated rings. The summed E-state index contributed by atoms with van der Waals surface area (Å²) < 4.78 is 5.18. The van der Waals surface area contributed by atoms with E-state index in [1.54, 1.807) is 7.11 Å². The molecule has 0 saturated carbocycles. The van der Waals surface area contributed by atoms with Crippen LogP contribution >= 0.6 is 0 Å². The molecule has 1 aromatic rings. The Kier molecular flexibility index (Phi) is 5.43. The second kappa shape index (κ2) is 7.30. The average Bonchev–Trinajstić information content (AvgIpc) is 2.97. The number of hydrogen-bond acceptors (Lipinski definition) is 2. The molecule has 0 heterocycles. The third-order valence-corrected chi connectivity index (χ3v) is 4.02. The van der Waals surface area contributed by atoms with E-state index < -0.39 is 0 Å². The lowest BCUT2D eigenvalue weighted by Gasteiger charge is -2.24. The highest BCUT2D eigenvalue weighted by Gasteiger charge is 2.20. The van der Waals surface area contributed by atoms with Crippen LogP contribution in [0.15, 0.2) is 36.4 Å². The van der Waals surface area contributed by atoms with Gasteiger partial charge in [-0.25, -0.2) is 0 Å². The highest BCUT2D eigenvalue weighted by atomic mass is 16.5. The van der Waals surface area contributed by atoms with E-state index in [-0.39, 0.29) is 11.9 Å². The van der Waals surface area contributed by atoms with Gasteiger partial charge in [0.2, 0.25) is 5.91 Å². The summed E-state index contributed by atoms with van der Waals surface area (Å²) >= 11 is 0. The smallest absolute Gasteiger partial charge is 0.221 e. The molecule has 0 aliphatic heterocycles. The van der Waals surface area contributed by atoms with E-state index in [0.717, 1.165) is 24.2 Å². The van der Waals surface area contributed by atoms with Crippen LogP contribution in [0.5, 0.6) is 5.75 Å². The van der Waals surface area contributed by atoms with Crippen molar-refractivity contribution in [3.63, 3.8) is 0 Å². The van der Waals surface area contributed by atoms with Crippen molar-refractivity contribution >= 4 is 5.91 Å².